The summed E-state index contributed by atoms with van der Waals surface area (Å²) in [7, 11) is 1.75. The second-order valence-corrected chi connectivity index (χ2v) is 8.85. The van der Waals surface area contributed by atoms with Crippen LogP contribution in [0.5, 0.6) is 0 Å². The minimum absolute atomic E-state index is 0.0317. The number of anilines is 3. The maximum atomic E-state index is 13.1. The lowest BCUT2D eigenvalue weighted by molar-refractivity contribution is -0.123. The predicted octanol–water partition coefficient (Wildman–Crippen LogP) is 3.80. The summed E-state index contributed by atoms with van der Waals surface area (Å²) in [6, 6.07) is 22.8. The van der Waals surface area contributed by atoms with Gasteiger partial charge in [0.25, 0.3) is 11.5 Å². The summed E-state index contributed by atoms with van der Waals surface area (Å²) >= 11 is 0. The van der Waals surface area contributed by atoms with Gasteiger partial charge in [0, 0.05) is 30.4 Å². The Bertz CT molecular complexity index is 1590. The third kappa shape index (κ3) is 4.54. The van der Waals surface area contributed by atoms with Gasteiger partial charge in [0.2, 0.25) is 11.8 Å². The van der Waals surface area contributed by atoms with Gasteiger partial charge in [-0.3, -0.25) is 23.9 Å². The van der Waals surface area contributed by atoms with Crippen LogP contribution in [0.1, 0.15) is 34.0 Å². The van der Waals surface area contributed by atoms with E-state index in [1.54, 1.807) is 49.0 Å². The lowest BCUT2D eigenvalue weighted by Crippen LogP contribution is -2.30. The molecule has 0 bridgehead atoms. The molecule has 1 aliphatic heterocycles. The van der Waals surface area contributed by atoms with Crippen LogP contribution in [0.2, 0.25) is 0 Å². The molecule has 2 heterocycles. The van der Waals surface area contributed by atoms with Gasteiger partial charge in [-0.2, -0.15) is 0 Å². The summed E-state index contributed by atoms with van der Waals surface area (Å²) in [4.78, 5) is 51.4. The molecule has 0 saturated heterocycles. The van der Waals surface area contributed by atoms with Gasteiger partial charge in [0.1, 0.15) is 5.69 Å². The van der Waals surface area contributed by atoms with Crippen molar-refractivity contribution in [1.82, 2.24) is 9.36 Å². The third-order valence-electron chi connectivity index (χ3n) is 6.50. The van der Waals surface area contributed by atoms with Crippen LogP contribution in [-0.4, -0.2) is 27.1 Å². The van der Waals surface area contributed by atoms with E-state index in [1.165, 1.54) is 10.7 Å². The molecule has 1 aliphatic rings. The average molecular weight is 496 g/mol. The molecule has 1 atom stereocenters. The largest absolute Gasteiger partial charge is 0.326 e. The van der Waals surface area contributed by atoms with Gasteiger partial charge >= 0.3 is 0 Å². The van der Waals surface area contributed by atoms with Crippen molar-refractivity contribution >= 4 is 34.8 Å². The van der Waals surface area contributed by atoms with Crippen LogP contribution in [0.3, 0.4) is 0 Å². The first-order chi connectivity index (χ1) is 17.8. The zero-order valence-corrected chi connectivity index (χ0v) is 20.3. The van der Waals surface area contributed by atoms with Gasteiger partial charge in [-0.25, -0.2) is 4.68 Å². The highest BCUT2D eigenvalue weighted by atomic mass is 16.2. The van der Waals surface area contributed by atoms with Gasteiger partial charge in [-0.05, 0) is 48.9 Å². The number of benzene rings is 3. The van der Waals surface area contributed by atoms with Gasteiger partial charge < -0.3 is 16.0 Å². The van der Waals surface area contributed by atoms with Crippen molar-refractivity contribution in [2.24, 2.45) is 7.05 Å². The topological polar surface area (TPSA) is 114 Å². The fraction of sp³-hybridized carbons (Fsp3) is 0.143. The Morgan fingerprint density at radius 3 is 2.43 bits per heavy atom. The summed E-state index contributed by atoms with van der Waals surface area (Å²) in [5.41, 5.74) is 3.14. The number of hydrogen-bond donors (Lipinski definition) is 3. The van der Waals surface area contributed by atoms with E-state index in [0.717, 1.165) is 5.56 Å². The highest BCUT2D eigenvalue weighted by molar-refractivity contribution is 6.07. The molecule has 9 heteroatoms. The van der Waals surface area contributed by atoms with Crippen LogP contribution in [0.25, 0.3) is 5.69 Å². The molecule has 1 unspecified atom stereocenters. The van der Waals surface area contributed by atoms with E-state index in [-0.39, 0.29) is 35.0 Å². The van der Waals surface area contributed by atoms with Crippen LogP contribution in [0, 0.1) is 6.92 Å². The molecule has 0 aliphatic carbocycles. The van der Waals surface area contributed by atoms with Crippen molar-refractivity contribution in [2.75, 3.05) is 16.0 Å². The van der Waals surface area contributed by atoms with E-state index < -0.39 is 11.8 Å². The van der Waals surface area contributed by atoms with E-state index in [9.17, 15) is 19.2 Å². The average Bonchev–Trinajstić information content (AvgIpc) is 3.11. The first kappa shape index (κ1) is 23.8. The molecular weight excluding hydrogens is 470 g/mol. The second kappa shape index (κ2) is 9.62. The summed E-state index contributed by atoms with van der Waals surface area (Å²) in [6.07, 6.45) is 0.0317. The highest BCUT2D eigenvalue weighted by Gasteiger charge is 2.30. The quantitative estimate of drug-likeness (QED) is 0.391. The smallest absolute Gasteiger partial charge is 0.295 e. The van der Waals surface area contributed by atoms with Crippen LogP contribution in [-0.2, 0) is 16.6 Å². The van der Waals surface area contributed by atoms with Crippen molar-refractivity contribution in [2.45, 2.75) is 19.3 Å². The molecule has 0 fully saturated rings. The van der Waals surface area contributed by atoms with Gasteiger partial charge in [0.15, 0.2) is 0 Å². The molecule has 186 valence electrons. The van der Waals surface area contributed by atoms with Crippen LogP contribution >= 0.6 is 0 Å². The first-order valence-corrected chi connectivity index (χ1v) is 11.8. The molecular formula is C28H25N5O4. The molecule has 3 amide bonds. The Kier molecular flexibility index (Phi) is 6.19. The zero-order chi connectivity index (χ0) is 26.1. The third-order valence-corrected chi connectivity index (χ3v) is 6.50. The molecule has 9 nitrogen and oxygen atoms in total. The predicted molar refractivity (Wildman–Crippen MR) is 141 cm³/mol. The molecule has 37 heavy (non-hydrogen) atoms. The number of aromatic nitrogens is 2. The van der Waals surface area contributed by atoms with E-state index in [1.807, 2.05) is 42.5 Å². The zero-order valence-electron chi connectivity index (χ0n) is 20.3. The Labute approximate surface area is 212 Å². The van der Waals surface area contributed by atoms with E-state index in [4.69, 9.17) is 0 Å². The number of para-hydroxylation sites is 2. The van der Waals surface area contributed by atoms with Crippen molar-refractivity contribution in [3.63, 3.8) is 0 Å². The van der Waals surface area contributed by atoms with E-state index >= 15 is 0 Å². The molecule has 0 saturated carbocycles. The minimum Gasteiger partial charge on any atom is -0.326 e. The van der Waals surface area contributed by atoms with Crippen molar-refractivity contribution in [3.8, 4) is 5.69 Å². The Morgan fingerprint density at radius 2 is 1.65 bits per heavy atom. The number of rotatable bonds is 5. The van der Waals surface area contributed by atoms with Gasteiger partial charge in [-0.15, -0.1) is 0 Å². The highest BCUT2D eigenvalue weighted by Crippen LogP contribution is 2.33. The second-order valence-electron chi connectivity index (χ2n) is 8.85. The first-order valence-electron chi connectivity index (χ1n) is 11.8. The van der Waals surface area contributed by atoms with E-state index in [0.29, 0.717) is 22.8 Å². The maximum Gasteiger partial charge on any atom is 0.295 e. The van der Waals surface area contributed by atoms with Crippen LogP contribution in [0.4, 0.5) is 17.1 Å². The summed E-state index contributed by atoms with van der Waals surface area (Å²) in [5.74, 6) is -1.70. The number of hydrogen-bond acceptors (Lipinski definition) is 4. The molecule has 3 aromatic carbocycles. The Morgan fingerprint density at radius 1 is 0.919 bits per heavy atom. The number of nitrogens with zero attached hydrogens (tertiary/aromatic N) is 2. The standard InChI is InChI=1S/C28H25N5O4/c1-17-25(28(37)33(32(17)2)20-11-4-3-5-12-20)31-26(35)18-9-8-10-19(15-18)29-27(36)22-16-24(34)30-23-14-7-6-13-21(22)23/h3-15,22H,16H2,1-2H3,(H,29,36)(H,30,34)(H,31,35). The Hall–Kier alpha value is -4.92. The fourth-order valence-electron chi connectivity index (χ4n) is 4.51. The SMILES string of the molecule is Cc1c(NC(=O)c2cccc(NC(=O)C3CC(=O)Nc4ccccc43)c2)c(=O)n(-c2ccccc2)n1C. The molecule has 0 spiro atoms. The Balaban J connectivity index is 1.36. The summed E-state index contributed by atoms with van der Waals surface area (Å²) in [6.45, 7) is 1.76. The lowest BCUT2D eigenvalue weighted by atomic mass is 9.90. The van der Waals surface area contributed by atoms with Crippen molar-refractivity contribution in [3.05, 3.63) is 106 Å². The minimum atomic E-state index is -0.647. The number of carbonyl (C=O) groups is 3. The number of amides is 3. The summed E-state index contributed by atoms with van der Waals surface area (Å²) < 4.78 is 3.17. The molecule has 1 aromatic heterocycles. The van der Waals surface area contributed by atoms with Crippen LogP contribution < -0.4 is 21.5 Å². The van der Waals surface area contributed by atoms with Gasteiger partial charge in [0.05, 0.1) is 17.3 Å². The maximum absolute atomic E-state index is 13.1. The summed E-state index contributed by atoms with van der Waals surface area (Å²) in [5, 5.41) is 8.33. The van der Waals surface area contributed by atoms with Crippen LogP contribution in [0.15, 0.2) is 83.7 Å². The normalized spacial score (nSPS) is 14.4. The molecule has 3 N–H and O–H groups in total. The molecule has 4 aromatic rings. The lowest BCUT2D eigenvalue weighted by Gasteiger charge is -2.24. The molecule has 0 radical (unpaired) electrons. The number of carbonyl (C=O) groups excluding carboxylic acids is 3. The van der Waals surface area contributed by atoms with Crippen molar-refractivity contribution < 1.29 is 14.4 Å². The fourth-order valence-corrected chi connectivity index (χ4v) is 4.51. The molecule has 5 rings (SSSR count). The van der Waals surface area contributed by atoms with Gasteiger partial charge in [-0.1, -0.05) is 42.5 Å². The monoisotopic (exact) mass is 495 g/mol. The van der Waals surface area contributed by atoms with Crippen molar-refractivity contribution in [1.29, 1.82) is 0 Å². The number of fused-ring (bicyclic) bond motifs is 1. The number of nitrogens with one attached hydrogen (secondary N) is 3. The van der Waals surface area contributed by atoms with E-state index in [2.05, 4.69) is 16.0 Å².